The number of aryl methyl sites for hydroxylation is 2. The third-order valence-electron chi connectivity index (χ3n) is 2.52. The topological polar surface area (TPSA) is 51.0 Å². The van der Waals surface area contributed by atoms with Gasteiger partial charge in [0.05, 0.1) is 16.4 Å². The molecule has 2 aromatic rings. The third kappa shape index (κ3) is 2.97. The SMILES string of the molecule is CNc1ccc(Cl)c(CSc2nc(C)c(C)o2)n1. The second-order valence-electron chi connectivity index (χ2n) is 3.79. The van der Waals surface area contributed by atoms with Crippen molar-refractivity contribution >= 4 is 29.2 Å². The van der Waals surface area contributed by atoms with E-state index in [0.717, 1.165) is 23.0 Å². The van der Waals surface area contributed by atoms with Crippen LogP contribution >= 0.6 is 23.4 Å². The highest BCUT2D eigenvalue weighted by atomic mass is 35.5. The van der Waals surface area contributed by atoms with Crippen LogP contribution in [0.3, 0.4) is 0 Å². The van der Waals surface area contributed by atoms with E-state index in [4.69, 9.17) is 16.0 Å². The van der Waals surface area contributed by atoms with Crippen molar-refractivity contribution in [1.29, 1.82) is 0 Å². The van der Waals surface area contributed by atoms with Crippen molar-refractivity contribution in [2.24, 2.45) is 0 Å². The molecular formula is C12H14ClN3OS. The Hall–Kier alpha value is -1.20. The highest BCUT2D eigenvalue weighted by Crippen LogP contribution is 2.27. The number of anilines is 1. The molecule has 2 heterocycles. The van der Waals surface area contributed by atoms with E-state index in [1.165, 1.54) is 11.8 Å². The molecule has 4 nitrogen and oxygen atoms in total. The summed E-state index contributed by atoms with van der Waals surface area (Å²) in [6, 6.07) is 3.68. The van der Waals surface area contributed by atoms with Crippen LogP contribution in [0.1, 0.15) is 17.1 Å². The maximum absolute atomic E-state index is 6.10. The number of thioether (sulfide) groups is 1. The predicted octanol–water partition coefficient (Wildman–Crippen LogP) is 3.67. The Bertz CT molecular complexity index is 537. The summed E-state index contributed by atoms with van der Waals surface area (Å²) in [6.07, 6.45) is 0. The van der Waals surface area contributed by atoms with Gasteiger partial charge >= 0.3 is 0 Å². The van der Waals surface area contributed by atoms with Gasteiger partial charge < -0.3 is 9.73 Å². The first-order valence-electron chi connectivity index (χ1n) is 5.50. The van der Waals surface area contributed by atoms with Crippen molar-refractivity contribution in [3.05, 3.63) is 34.3 Å². The number of nitrogens with zero attached hydrogens (tertiary/aromatic N) is 2. The number of halogens is 1. The van der Waals surface area contributed by atoms with Gasteiger partial charge in [-0.1, -0.05) is 23.4 Å². The number of rotatable bonds is 4. The Labute approximate surface area is 115 Å². The zero-order valence-corrected chi connectivity index (χ0v) is 12.0. The first-order chi connectivity index (χ1) is 8.60. The maximum atomic E-state index is 6.10. The Balaban J connectivity index is 2.10. The second kappa shape index (κ2) is 5.63. The molecule has 0 saturated heterocycles. The van der Waals surface area contributed by atoms with Crippen LogP contribution in [0.15, 0.2) is 21.8 Å². The summed E-state index contributed by atoms with van der Waals surface area (Å²) in [4.78, 5) is 8.71. The van der Waals surface area contributed by atoms with Crippen LogP contribution in [0.25, 0.3) is 0 Å². The normalized spacial score (nSPS) is 10.7. The van der Waals surface area contributed by atoms with E-state index in [-0.39, 0.29) is 0 Å². The van der Waals surface area contributed by atoms with E-state index < -0.39 is 0 Å². The lowest BCUT2D eigenvalue weighted by Gasteiger charge is -2.04. The van der Waals surface area contributed by atoms with E-state index in [2.05, 4.69) is 15.3 Å². The minimum atomic E-state index is 0.633. The van der Waals surface area contributed by atoms with Gasteiger partial charge in [0.2, 0.25) is 0 Å². The van der Waals surface area contributed by atoms with Gasteiger partial charge in [-0.3, -0.25) is 0 Å². The molecule has 0 aromatic carbocycles. The van der Waals surface area contributed by atoms with Crippen LogP contribution in [0, 0.1) is 13.8 Å². The predicted molar refractivity (Wildman–Crippen MR) is 74.3 cm³/mol. The van der Waals surface area contributed by atoms with Crippen LogP contribution in [-0.2, 0) is 5.75 Å². The maximum Gasteiger partial charge on any atom is 0.256 e. The molecule has 0 radical (unpaired) electrons. The van der Waals surface area contributed by atoms with Crippen molar-refractivity contribution in [2.45, 2.75) is 24.8 Å². The average Bonchev–Trinajstić information content (AvgIpc) is 2.68. The van der Waals surface area contributed by atoms with Gasteiger partial charge in [-0.2, -0.15) is 0 Å². The minimum absolute atomic E-state index is 0.633. The van der Waals surface area contributed by atoms with E-state index in [1.54, 1.807) is 0 Å². The Morgan fingerprint density at radius 3 is 2.72 bits per heavy atom. The molecule has 0 aliphatic carbocycles. The average molecular weight is 284 g/mol. The summed E-state index contributed by atoms with van der Waals surface area (Å²) in [5.74, 6) is 2.28. The van der Waals surface area contributed by atoms with Crippen LogP contribution in [0.4, 0.5) is 5.82 Å². The second-order valence-corrected chi connectivity index (χ2v) is 5.12. The van der Waals surface area contributed by atoms with Gasteiger partial charge in [-0.25, -0.2) is 9.97 Å². The molecule has 0 unspecified atom stereocenters. The molecule has 0 spiro atoms. The van der Waals surface area contributed by atoms with Crippen molar-refractivity contribution in [3.63, 3.8) is 0 Å². The lowest BCUT2D eigenvalue weighted by atomic mass is 10.3. The minimum Gasteiger partial charge on any atom is -0.437 e. The molecule has 1 N–H and O–H groups in total. The molecule has 0 saturated carbocycles. The first-order valence-corrected chi connectivity index (χ1v) is 6.86. The molecule has 0 aliphatic rings. The Morgan fingerprint density at radius 2 is 2.11 bits per heavy atom. The number of aromatic nitrogens is 2. The van der Waals surface area contributed by atoms with Crippen molar-refractivity contribution in [1.82, 2.24) is 9.97 Å². The molecule has 96 valence electrons. The number of nitrogens with one attached hydrogen (secondary N) is 1. The van der Waals surface area contributed by atoms with E-state index in [0.29, 0.717) is 16.0 Å². The van der Waals surface area contributed by atoms with E-state index in [9.17, 15) is 0 Å². The van der Waals surface area contributed by atoms with Gasteiger partial charge in [-0.05, 0) is 26.0 Å². The lowest BCUT2D eigenvalue weighted by Crippen LogP contribution is -1.96. The summed E-state index contributed by atoms with van der Waals surface area (Å²) >= 11 is 7.59. The summed E-state index contributed by atoms with van der Waals surface area (Å²) in [6.45, 7) is 3.83. The van der Waals surface area contributed by atoms with Gasteiger partial charge in [0.15, 0.2) is 0 Å². The third-order valence-corrected chi connectivity index (χ3v) is 3.70. The highest BCUT2D eigenvalue weighted by Gasteiger charge is 2.09. The zero-order chi connectivity index (χ0) is 13.1. The quantitative estimate of drug-likeness (QED) is 0.868. The van der Waals surface area contributed by atoms with E-state index in [1.807, 2.05) is 33.0 Å². The first kappa shape index (κ1) is 13.2. The molecule has 0 atom stereocenters. The molecule has 0 bridgehead atoms. The highest BCUT2D eigenvalue weighted by molar-refractivity contribution is 7.98. The smallest absolute Gasteiger partial charge is 0.256 e. The van der Waals surface area contributed by atoms with Gasteiger partial charge in [0.25, 0.3) is 5.22 Å². The fourth-order valence-corrected chi connectivity index (χ4v) is 2.48. The molecule has 2 rings (SSSR count). The number of hydrogen-bond donors (Lipinski definition) is 1. The van der Waals surface area contributed by atoms with Crippen LogP contribution in [0.2, 0.25) is 5.02 Å². The number of pyridine rings is 1. The van der Waals surface area contributed by atoms with Crippen LogP contribution in [0.5, 0.6) is 0 Å². The standard InChI is InChI=1S/C12H14ClN3OS/c1-7-8(2)17-12(15-7)18-6-10-9(13)4-5-11(14-3)16-10/h4-5H,6H2,1-3H3,(H,14,16). The molecule has 0 amide bonds. The Morgan fingerprint density at radius 1 is 1.33 bits per heavy atom. The summed E-state index contributed by atoms with van der Waals surface area (Å²) in [7, 11) is 1.83. The van der Waals surface area contributed by atoms with Gasteiger partial charge in [-0.15, -0.1) is 0 Å². The fourth-order valence-electron chi connectivity index (χ4n) is 1.36. The van der Waals surface area contributed by atoms with Gasteiger partial charge in [0, 0.05) is 12.8 Å². The summed E-state index contributed by atoms with van der Waals surface area (Å²) in [5, 5.41) is 4.29. The van der Waals surface area contributed by atoms with Crippen molar-refractivity contribution < 1.29 is 4.42 Å². The fraction of sp³-hybridized carbons (Fsp3) is 0.333. The largest absolute Gasteiger partial charge is 0.437 e. The lowest BCUT2D eigenvalue weighted by molar-refractivity contribution is 0.431. The Kier molecular flexibility index (Phi) is 4.14. The monoisotopic (exact) mass is 283 g/mol. The molecule has 18 heavy (non-hydrogen) atoms. The molecule has 2 aromatic heterocycles. The van der Waals surface area contributed by atoms with E-state index >= 15 is 0 Å². The molecule has 6 heteroatoms. The molecule has 0 aliphatic heterocycles. The van der Waals surface area contributed by atoms with Crippen molar-refractivity contribution in [3.8, 4) is 0 Å². The number of oxazole rings is 1. The molecule has 0 fully saturated rings. The van der Waals surface area contributed by atoms with Gasteiger partial charge in [0.1, 0.15) is 11.6 Å². The van der Waals surface area contributed by atoms with Crippen LogP contribution in [-0.4, -0.2) is 17.0 Å². The summed E-state index contributed by atoms with van der Waals surface area (Å²) < 4.78 is 5.50. The van der Waals surface area contributed by atoms with Crippen LogP contribution < -0.4 is 5.32 Å². The van der Waals surface area contributed by atoms with Crippen molar-refractivity contribution in [2.75, 3.05) is 12.4 Å². The zero-order valence-electron chi connectivity index (χ0n) is 10.5. The summed E-state index contributed by atoms with van der Waals surface area (Å²) in [5.41, 5.74) is 1.74. The molecular weight excluding hydrogens is 270 g/mol. The number of hydrogen-bond acceptors (Lipinski definition) is 5.